The van der Waals surface area contributed by atoms with Crippen molar-refractivity contribution in [3.63, 3.8) is 0 Å². The van der Waals surface area contributed by atoms with Crippen LogP contribution >= 0.6 is 11.6 Å². The number of hydrogen-bond donors (Lipinski definition) is 1. The highest BCUT2D eigenvalue weighted by Gasteiger charge is 2.17. The van der Waals surface area contributed by atoms with Crippen molar-refractivity contribution in [1.29, 1.82) is 0 Å². The van der Waals surface area contributed by atoms with Gasteiger partial charge in [-0.1, -0.05) is 66.2 Å². The van der Waals surface area contributed by atoms with Crippen LogP contribution in [0.3, 0.4) is 0 Å². The molecule has 0 aliphatic heterocycles. The van der Waals surface area contributed by atoms with E-state index in [0.717, 1.165) is 16.3 Å². The molecule has 0 radical (unpaired) electrons. The smallest absolute Gasteiger partial charge is 0.146 e. The molecule has 100 valence electrons. The van der Waals surface area contributed by atoms with Crippen molar-refractivity contribution in [3.05, 3.63) is 82.6 Å². The molecular weight excluding hydrogens is 273 g/mol. The second-order valence-corrected chi connectivity index (χ2v) is 5.10. The molecule has 1 nitrogen and oxygen atoms in total. The lowest BCUT2D eigenvalue weighted by Crippen LogP contribution is -2.14. The van der Waals surface area contributed by atoms with Crippen molar-refractivity contribution in [3.8, 4) is 0 Å². The Hall–Kier alpha value is -1.90. The molecule has 0 bridgehead atoms. The largest absolute Gasteiger partial charge is 0.320 e. The Balaban J connectivity index is 2.18. The molecule has 0 fully saturated rings. The van der Waals surface area contributed by atoms with Crippen LogP contribution in [0.15, 0.2) is 60.7 Å². The Morgan fingerprint density at radius 2 is 1.50 bits per heavy atom. The fourth-order valence-corrected chi connectivity index (χ4v) is 2.63. The Morgan fingerprint density at radius 1 is 0.850 bits per heavy atom. The van der Waals surface area contributed by atoms with Gasteiger partial charge in [-0.2, -0.15) is 0 Å². The van der Waals surface area contributed by atoms with Gasteiger partial charge in [0.25, 0.3) is 0 Å². The van der Waals surface area contributed by atoms with Crippen molar-refractivity contribution in [2.45, 2.75) is 6.04 Å². The summed E-state index contributed by atoms with van der Waals surface area (Å²) in [4.78, 5) is 0. The number of nitrogens with two attached hydrogens (primary N) is 1. The number of fused-ring (bicyclic) bond motifs is 1. The van der Waals surface area contributed by atoms with Crippen LogP contribution in [0.2, 0.25) is 5.02 Å². The zero-order valence-electron chi connectivity index (χ0n) is 10.7. The number of rotatable bonds is 2. The Bertz CT molecular complexity index is 765. The highest BCUT2D eigenvalue weighted by Crippen LogP contribution is 2.30. The highest BCUT2D eigenvalue weighted by atomic mass is 35.5. The first-order valence-electron chi connectivity index (χ1n) is 6.35. The van der Waals surface area contributed by atoms with E-state index in [2.05, 4.69) is 0 Å². The van der Waals surface area contributed by atoms with Crippen LogP contribution in [-0.4, -0.2) is 0 Å². The molecule has 1 atom stereocenters. The molecule has 3 aromatic rings. The second kappa shape index (κ2) is 5.23. The summed E-state index contributed by atoms with van der Waals surface area (Å²) in [5, 5.41) is 2.21. The van der Waals surface area contributed by atoms with Gasteiger partial charge < -0.3 is 5.73 Å². The first-order valence-corrected chi connectivity index (χ1v) is 6.73. The standard InChI is InChI=1S/C17H13ClFN/c18-15-10-4-9-14(16(15)19)17(20)13-8-3-6-11-5-1-2-7-12(11)13/h1-10,17H,20H2. The lowest BCUT2D eigenvalue weighted by atomic mass is 9.94. The predicted octanol–water partition coefficient (Wildman–Crippen LogP) is 4.68. The first kappa shape index (κ1) is 13.1. The molecule has 3 aromatic carbocycles. The lowest BCUT2D eigenvalue weighted by molar-refractivity contribution is 0.600. The summed E-state index contributed by atoms with van der Waals surface area (Å²) in [6, 6.07) is 18.2. The fraction of sp³-hybridized carbons (Fsp3) is 0.0588. The topological polar surface area (TPSA) is 26.0 Å². The van der Waals surface area contributed by atoms with Crippen molar-refractivity contribution in [1.82, 2.24) is 0 Å². The van der Waals surface area contributed by atoms with Gasteiger partial charge in [-0.05, 0) is 22.4 Å². The third-order valence-corrected chi connectivity index (χ3v) is 3.77. The minimum Gasteiger partial charge on any atom is -0.320 e. The van der Waals surface area contributed by atoms with E-state index < -0.39 is 11.9 Å². The summed E-state index contributed by atoms with van der Waals surface area (Å²) in [6.45, 7) is 0. The van der Waals surface area contributed by atoms with Crippen LogP contribution in [-0.2, 0) is 0 Å². The molecule has 3 rings (SSSR count). The fourth-order valence-electron chi connectivity index (χ4n) is 2.45. The van der Waals surface area contributed by atoms with E-state index in [9.17, 15) is 4.39 Å². The maximum Gasteiger partial charge on any atom is 0.146 e. The van der Waals surface area contributed by atoms with Gasteiger partial charge >= 0.3 is 0 Å². The monoisotopic (exact) mass is 285 g/mol. The highest BCUT2D eigenvalue weighted by molar-refractivity contribution is 6.30. The van der Waals surface area contributed by atoms with Crippen LogP contribution in [0.1, 0.15) is 17.2 Å². The quantitative estimate of drug-likeness (QED) is 0.727. The minimum atomic E-state index is -0.542. The molecule has 3 heteroatoms. The Labute approximate surface area is 121 Å². The van der Waals surface area contributed by atoms with Crippen molar-refractivity contribution in [2.24, 2.45) is 5.73 Å². The first-order chi connectivity index (χ1) is 9.68. The molecule has 20 heavy (non-hydrogen) atoms. The molecule has 1 unspecified atom stereocenters. The van der Waals surface area contributed by atoms with E-state index in [-0.39, 0.29) is 5.02 Å². The lowest BCUT2D eigenvalue weighted by Gasteiger charge is -2.16. The maximum atomic E-state index is 14.1. The molecule has 2 N–H and O–H groups in total. The summed E-state index contributed by atoms with van der Waals surface area (Å²) in [5.41, 5.74) is 7.56. The van der Waals surface area contributed by atoms with E-state index in [4.69, 9.17) is 17.3 Å². The van der Waals surface area contributed by atoms with E-state index in [1.54, 1.807) is 12.1 Å². The summed E-state index contributed by atoms with van der Waals surface area (Å²) >= 11 is 5.83. The van der Waals surface area contributed by atoms with Crippen LogP contribution in [0, 0.1) is 5.82 Å². The summed E-state index contributed by atoms with van der Waals surface area (Å²) < 4.78 is 14.1. The molecular formula is C17H13ClFN. The molecule has 0 aliphatic carbocycles. The SMILES string of the molecule is NC(c1cccc(Cl)c1F)c1cccc2ccccc12. The van der Waals surface area contributed by atoms with Crippen molar-refractivity contribution < 1.29 is 4.39 Å². The van der Waals surface area contributed by atoms with Gasteiger partial charge in [-0.15, -0.1) is 0 Å². The van der Waals surface area contributed by atoms with Gasteiger partial charge in [0.05, 0.1) is 11.1 Å². The molecule has 0 saturated carbocycles. The summed E-state index contributed by atoms with van der Waals surface area (Å²) in [7, 11) is 0. The number of hydrogen-bond acceptors (Lipinski definition) is 1. The predicted molar refractivity (Wildman–Crippen MR) is 81.4 cm³/mol. The maximum absolute atomic E-state index is 14.1. The van der Waals surface area contributed by atoms with Gasteiger partial charge in [0.1, 0.15) is 5.82 Å². The van der Waals surface area contributed by atoms with Crippen LogP contribution in [0.4, 0.5) is 4.39 Å². The number of halogens is 2. The Morgan fingerprint density at radius 3 is 2.35 bits per heavy atom. The minimum absolute atomic E-state index is 0.0955. The van der Waals surface area contributed by atoms with Crippen LogP contribution in [0.25, 0.3) is 10.8 Å². The zero-order valence-corrected chi connectivity index (χ0v) is 11.4. The second-order valence-electron chi connectivity index (χ2n) is 4.69. The van der Waals surface area contributed by atoms with E-state index in [0.29, 0.717) is 5.56 Å². The molecule has 0 aliphatic rings. The Kier molecular flexibility index (Phi) is 3.43. The molecule has 0 amide bonds. The average molecular weight is 286 g/mol. The third kappa shape index (κ3) is 2.17. The van der Waals surface area contributed by atoms with Crippen molar-refractivity contribution >= 4 is 22.4 Å². The molecule has 0 saturated heterocycles. The van der Waals surface area contributed by atoms with E-state index in [1.165, 1.54) is 6.07 Å². The van der Waals surface area contributed by atoms with Gasteiger partial charge in [0.2, 0.25) is 0 Å². The van der Waals surface area contributed by atoms with Gasteiger partial charge in [0.15, 0.2) is 0 Å². The summed E-state index contributed by atoms with van der Waals surface area (Å²) in [6.07, 6.45) is 0. The van der Waals surface area contributed by atoms with Gasteiger partial charge in [-0.25, -0.2) is 4.39 Å². The zero-order chi connectivity index (χ0) is 14.1. The third-order valence-electron chi connectivity index (χ3n) is 3.47. The van der Waals surface area contributed by atoms with E-state index >= 15 is 0 Å². The number of benzene rings is 3. The molecule has 0 spiro atoms. The molecule has 0 aromatic heterocycles. The van der Waals surface area contributed by atoms with Crippen LogP contribution in [0.5, 0.6) is 0 Å². The van der Waals surface area contributed by atoms with Gasteiger partial charge in [-0.3, -0.25) is 0 Å². The average Bonchev–Trinajstić information content (AvgIpc) is 2.49. The van der Waals surface area contributed by atoms with Gasteiger partial charge in [0, 0.05) is 5.56 Å². The van der Waals surface area contributed by atoms with Crippen molar-refractivity contribution in [2.75, 3.05) is 0 Å². The normalized spacial score (nSPS) is 12.6. The van der Waals surface area contributed by atoms with E-state index in [1.807, 2.05) is 42.5 Å². The summed E-state index contributed by atoms with van der Waals surface area (Å²) in [5.74, 6) is -0.449. The molecule has 0 heterocycles. The van der Waals surface area contributed by atoms with Crippen LogP contribution < -0.4 is 5.73 Å².